The Kier molecular flexibility index (Phi) is 2.83. The van der Waals surface area contributed by atoms with E-state index in [1.807, 2.05) is 0 Å². The molecule has 0 aliphatic rings. The summed E-state index contributed by atoms with van der Waals surface area (Å²) in [6, 6.07) is 0. The SMILES string of the molecule is CC(O)C=CS(=O)(=O)O. The van der Waals surface area contributed by atoms with Gasteiger partial charge in [-0.05, 0) is 13.0 Å². The minimum absolute atomic E-state index is 0.539. The summed E-state index contributed by atoms with van der Waals surface area (Å²) < 4.78 is 27.8. The fourth-order valence-corrected chi connectivity index (χ4v) is 0.639. The van der Waals surface area contributed by atoms with E-state index in [4.69, 9.17) is 9.66 Å². The molecule has 5 heteroatoms. The zero-order valence-corrected chi connectivity index (χ0v) is 5.67. The van der Waals surface area contributed by atoms with E-state index in [9.17, 15) is 8.42 Å². The van der Waals surface area contributed by atoms with Crippen LogP contribution in [0.15, 0.2) is 11.5 Å². The van der Waals surface area contributed by atoms with Gasteiger partial charge in [0.05, 0.1) is 11.5 Å². The Labute approximate surface area is 53.6 Å². The Balaban J connectivity index is 4.03. The number of rotatable bonds is 2. The highest BCUT2D eigenvalue weighted by molar-refractivity contribution is 7.88. The Morgan fingerprint density at radius 3 is 2.11 bits per heavy atom. The highest BCUT2D eigenvalue weighted by Gasteiger charge is 1.95. The summed E-state index contributed by atoms with van der Waals surface area (Å²) in [5.74, 6) is 0. The number of aliphatic hydroxyl groups excluding tert-OH is 1. The highest BCUT2D eigenvalue weighted by Crippen LogP contribution is 1.87. The molecule has 9 heavy (non-hydrogen) atoms. The lowest BCUT2D eigenvalue weighted by atomic mass is 10.4. The first-order valence-corrected chi connectivity index (χ1v) is 3.76. The van der Waals surface area contributed by atoms with E-state index in [1.54, 1.807) is 0 Å². The van der Waals surface area contributed by atoms with E-state index in [1.165, 1.54) is 6.92 Å². The molecule has 1 atom stereocenters. The standard InChI is InChI=1S/C4H8O4S/c1-4(5)2-3-9(6,7)8/h2-5H,1H3,(H,6,7,8). The van der Waals surface area contributed by atoms with Crippen LogP contribution in [0, 0.1) is 0 Å². The van der Waals surface area contributed by atoms with E-state index in [2.05, 4.69) is 0 Å². The molecular formula is C4H8O4S. The molecule has 0 fully saturated rings. The number of hydrogen-bond donors (Lipinski definition) is 2. The molecule has 0 saturated heterocycles. The van der Waals surface area contributed by atoms with Crippen molar-refractivity contribution >= 4 is 10.1 Å². The highest BCUT2D eigenvalue weighted by atomic mass is 32.2. The monoisotopic (exact) mass is 152 g/mol. The lowest BCUT2D eigenvalue weighted by molar-refractivity contribution is 0.244. The summed E-state index contributed by atoms with van der Waals surface area (Å²) >= 11 is 0. The zero-order valence-electron chi connectivity index (χ0n) is 4.85. The number of aliphatic hydroxyl groups is 1. The van der Waals surface area contributed by atoms with E-state index in [0.29, 0.717) is 5.41 Å². The van der Waals surface area contributed by atoms with Crippen LogP contribution < -0.4 is 0 Å². The van der Waals surface area contributed by atoms with Gasteiger partial charge in [-0.25, -0.2) is 0 Å². The van der Waals surface area contributed by atoms with Crippen molar-refractivity contribution in [3.05, 3.63) is 11.5 Å². The van der Waals surface area contributed by atoms with Crippen molar-refractivity contribution < 1.29 is 18.1 Å². The molecule has 54 valence electrons. The van der Waals surface area contributed by atoms with Crippen LogP contribution in [0.25, 0.3) is 0 Å². The summed E-state index contributed by atoms with van der Waals surface area (Å²) in [6.07, 6.45) is 0.113. The first-order chi connectivity index (χ1) is 3.92. The fraction of sp³-hybridized carbons (Fsp3) is 0.500. The van der Waals surface area contributed by atoms with Gasteiger partial charge in [-0.15, -0.1) is 0 Å². The Bertz CT molecular complexity index is 189. The summed E-state index contributed by atoms with van der Waals surface area (Å²) in [4.78, 5) is 0. The van der Waals surface area contributed by atoms with Crippen molar-refractivity contribution in [1.82, 2.24) is 0 Å². The third-order valence-electron chi connectivity index (χ3n) is 0.529. The molecule has 0 radical (unpaired) electrons. The Morgan fingerprint density at radius 2 is 2.00 bits per heavy atom. The maximum Gasteiger partial charge on any atom is 0.287 e. The summed E-state index contributed by atoms with van der Waals surface area (Å²) in [5.41, 5.74) is 0. The van der Waals surface area contributed by atoms with Crippen LogP contribution in [-0.2, 0) is 10.1 Å². The molecule has 0 aliphatic heterocycles. The molecule has 0 saturated carbocycles. The Hall–Kier alpha value is -0.390. The van der Waals surface area contributed by atoms with Gasteiger partial charge in [0.1, 0.15) is 0 Å². The smallest absolute Gasteiger partial charge is 0.287 e. The molecule has 0 aliphatic carbocycles. The van der Waals surface area contributed by atoms with E-state index < -0.39 is 16.2 Å². The zero-order chi connectivity index (χ0) is 7.49. The van der Waals surface area contributed by atoms with Crippen molar-refractivity contribution in [3.8, 4) is 0 Å². The lowest BCUT2D eigenvalue weighted by Gasteiger charge is -1.89. The van der Waals surface area contributed by atoms with Gasteiger partial charge in [-0.3, -0.25) is 4.55 Å². The average Bonchev–Trinajstić information content (AvgIpc) is 1.59. The van der Waals surface area contributed by atoms with Gasteiger partial charge in [-0.1, -0.05) is 0 Å². The van der Waals surface area contributed by atoms with E-state index in [-0.39, 0.29) is 0 Å². The van der Waals surface area contributed by atoms with Crippen LogP contribution in [0.3, 0.4) is 0 Å². The molecule has 0 rings (SSSR count). The molecule has 0 bridgehead atoms. The van der Waals surface area contributed by atoms with Crippen molar-refractivity contribution in [2.75, 3.05) is 0 Å². The molecule has 0 aromatic carbocycles. The maximum atomic E-state index is 9.89. The first kappa shape index (κ1) is 8.61. The third-order valence-corrected chi connectivity index (χ3v) is 1.03. The minimum atomic E-state index is -4.06. The maximum absolute atomic E-state index is 9.89. The first-order valence-electron chi connectivity index (χ1n) is 2.25. The van der Waals surface area contributed by atoms with Crippen LogP contribution in [-0.4, -0.2) is 24.2 Å². The van der Waals surface area contributed by atoms with Gasteiger partial charge >= 0.3 is 0 Å². The third kappa shape index (κ3) is 7.61. The molecule has 4 nitrogen and oxygen atoms in total. The molecule has 0 aromatic heterocycles. The molecule has 0 heterocycles. The van der Waals surface area contributed by atoms with Crippen LogP contribution >= 0.6 is 0 Å². The molecular weight excluding hydrogens is 144 g/mol. The van der Waals surface area contributed by atoms with E-state index in [0.717, 1.165) is 6.08 Å². The lowest BCUT2D eigenvalue weighted by Crippen LogP contribution is -1.96. The molecule has 0 aromatic rings. The van der Waals surface area contributed by atoms with Crippen LogP contribution in [0.2, 0.25) is 0 Å². The van der Waals surface area contributed by atoms with Gasteiger partial charge in [0.2, 0.25) is 0 Å². The van der Waals surface area contributed by atoms with Gasteiger partial charge in [0.15, 0.2) is 0 Å². The fourth-order valence-electron chi connectivity index (χ4n) is 0.213. The van der Waals surface area contributed by atoms with Gasteiger partial charge < -0.3 is 5.11 Å². The summed E-state index contributed by atoms with van der Waals surface area (Å²) in [7, 11) is -4.06. The molecule has 2 N–H and O–H groups in total. The Morgan fingerprint density at radius 1 is 1.56 bits per heavy atom. The van der Waals surface area contributed by atoms with Crippen molar-refractivity contribution in [2.45, 2.75) is 13.0 Å². The summed E-state index contributed by atoms with van der Waals surface area (Å²) in [6.45, 7) is 1.38. The molecule has 1 unspecified atom stereocenters. The van der Waals surface area contributed by atoms with Gasteiger partial charge in [0, 0.05) is 0 Å². The summed E-state index contributed by atoms with van der Waals surface area (Å²) in [5, 5.41) is 8.99. The second kappa shape index (κ2) is 2.95. The minimum Gasteiger partial charge on any atom is -0.389 e. The van der Waals surface area contributed by atoms with Crippen molar-refractivity contribution in [1.29, 1.82) is 0 Å². The van der Waals surface area contributed by atoms with E-state index >= 15 is 0 Å². The topological polar surface area (TPSA) is 74.6 Å². The number of hydrogen-bond acceptors (Lipinski definition) is 3. The quantitative estimate of drug-likeness (QED) is 0.536. The van der Waals surface area contributed by atoms with Crippen molar-refractivity contribution in [2.24, 2.45) is 0 Å². The second-order valence-electron chi connectivity index (χ2n) is 1.58. The average molecular weight is 152 g/mol. The molecule has 0 amide bonds. The van der Waals surface area contributed by atoms with Crippen LogP contribution in [0.1, 0.15) is 6.92 Å². The van der Waals surface area contributed by atoms with Crippen molar-refractivity contribution in [3.63, 3.8) is 0 Å². The predicted molar refractivity (Wildman–Crippen MR) is 32.4 cm³/mol. The largest absolute Gasteiger partial charge is 0.389 e. The van der Waals surface area contributed by atoms with Crippen LogP contribution in [0.5, 0.6) is 0 Å². The van der Waals surface area contributed by atoms with Gasteiger partial charge in [-0.2, -0.15) is 8.42 Å². The van der Waals surface area contributed by atoms with Gasteiger partial charge in [0.25, 0.3) is 10.1 Å². The second-order valence-corrected chi connectivity index (χ2v) is 2.89. The molecule has 0 spiro atoms. The predicted octanol–water partition coefficient (Wildman–Crippen LogP) is -0.231. The van der Waals surface area contributed by atoms with Crippen LogP contribution in [0.4, 0.5) is 0 Å². The normalized spacial score (nSPS) is 16.3.